The van der Waals surface area contributed by atoms with Crippen molar-refractivity contribution >= 4 is 11.6 Å². The average molecular weight is 605 g/mol. The Morgan fingerprint density at radius 1 is 0.930 bits per heavy atom. The number of halogens is 6. The number of pyridine rings is 1. The molecule has 2 aliphatic heterocycles. The van der Waals surface area contributed by atoms with Crippen LogP contribution in [0.1, 0.15) is 57.8 Å². The molecule has 4 aromatic rings. The van der Waals surface area contributed by atoms with E-state index in [-0.39, 0.29) is 24.1 Å². The molecule has 14 heteroatoms. The Morgan fingerprint density at radius 3 is 2.23 bits per heavy atom. The van der Waals surface area contributed by atoms with Crippen molar-refractivity contribution in [3.05, 3.63) is 93.8 Å². The minimum absolute atomic E-state index is 0.105. The number of benzene rings is 2. The van der Waals surface area contributed by atoms with E-state index in [0.717, 1.165) is 40.1 Å². The van der Waals surface area contributed by atoms with Gasteiger partial charge in [0.2, 0.25) is 0 Å². The van der Waals surface area contributed by atoms with Crippen LogP contribution in [-0.2, 0) is 50.4 Å². The Bertz CT molecular complexity index is 1570. The zero-order valence-corrected chi connectivity index (χ0v) is 23.1. The van der Waals surface area contributed by atoms with E-state index in [1.807, 2.05) is 30.6 Å². The molecular formula is C29H28F6N7O+. The number of aryl methyl sites for hydroxylation is 1. The summed E-state index contributed by atoms with van der Waals surface area (Å²) in [6.07, 6.45) is -4.98. The van der Waals surface area contributed by atoms with Gasteiger partial charge in [-0.25, -0.2) is 4.98 Å². The summed E-state index contributed by atoms with van der Waals surface area (Å²) >= 11 is 0. The van der Waals surface area contributed by atoms with E-state index in [2.05, 4.69) is 31.4 Å². The van der Waals surface area contributed by atoms with Gasteiger partial charge in [-0.15, -0.1) is 5.10 Å². The van der Waals surface area contributed by atoms with E-state index in [1.54, 1.807) is 11.9 Å². The molecule has 0 radical (unpaired) electrons. The second-order valence-corrected chi connectivity index (χ2v) is 10.8. The topological polar surface area (TPSA) is 73.5 Å². The lowest BCUT2D eigenvalue weighted by Gasteiger charge is -2.33. The molecule has 0 saturated heterocycles. The first kappa shape index (κ1) is 28.9. The fourth-order valence-electron chi connectivity index (χ4n) is 5.78. The number of tetrazole rings is 1. The number of hydrogen-bond donors (Lipinski definition) is 0. The van der Waals surface area contributed by atoms with Crippen LogP contribution in [0, 0.1) is 0 Å². The quantitative estimate of drug-likeness (QED) is 0.266. The van der Waals surface area contributed by atoms with Crippen molar-refractivity contribution in [2.45, 2.75) is 57.5 Å². The summed E-state index contributed by atoms with van der Waals surface area (Å²) in [7, 11) is 1.55. The number of aromatic nitrogens is 5. The average Bonchev–Trinajstić information content (AvgIpc) is 3.57. The Morgan fingerprint density at radius 2 is 1.60 bits per heavy atom. The van der Waals surface area contributed by atoms with E-state index in [1.165, 1.54) is 4.80 Å². The zero-order valence-electron chi connectivity index (χ0n) is 23.1. The Kier molecular flexibility index (Phi) is 7.48. The summed E-state index contributed by atoms with van der Waals surface area (Å²) in [5, 5.41) is 12.4. The van der Waals surface area contributed by atoms with Crippen LogP contribution < -0.4 is 14.8 Å². The Hall–Kier alpha value is -4.20. The van der Waals surface area contributed by atoms with Crippen LogP contribution in [0.2, 0.25) is 0 Å². The van der Waals surface area contributed by atoms with Gasteiger partial charge in [0.15, 0.2) is 12.4 Å². The van der Waals surface area contributed by atoms with E-state index in [0.29, 0.717) is 39.1 Å². The number of nitrogens with zero attached hydrogens (tertiary/aromatic N) is 6. The van der Waals surface area contributed by atoms with Crippen molar-refractivity contribution in [1.82, 2.24) is 20.2 Å². The number of ether oxygens (including phenoxy) is 1. The third kappa shape index (κ3) is 6.14. The van der Waals surface area contributed by atoms with Gasteiger partial charge in [-0.2, -0.15) is 31.1 Å². The highest BCUT2D eigenvalue weighted by molar-refractivity contribution is 5.62. The van der Waals surface area contributed by atoms with Crippen molar-refractivity contribution < 1.29 is 36.1 Å². The predicted molar refractivity (Wildman–Crippen MR) is 142 cm³/mol. The first-order valence-corrected chi connectivity index (χ1v) is 13.7. The fourth-order valence-corrected chi connectivity index (χ4v) is 5.78. The molecule has 6 rings (SSSR count). The summed E-state index contributed by atoms with van der Waals surface area (Å²) in [5.41, 5.74) is 2.01. The molecule has 0 aliphatic carbocycles. The van der Waals surface area contributed by atoms with E-state index < -0.39 is 29.5 Å². The molecule has 0 amide bonds. The van der Waals surface area contributed by atoms with Crippen molar-refractivity contribution in [2.24, 2.45) is 7.05 Å². The largest absolute Gasteiger partial charge is 0.416 e. The molecule has 2 aromatic carbocycles. The molecule has 2 aromatic heterocycles. The minimum Gasteiger partial charge on any atom is -0.372 e. The van der Waals surface area contributed by atoms with Gasteiger partial charge >= 0.3 is 12.4 Å². The first-order chi connectivity index (χ1) is 20.5. The predicted octanol–water partition coefficient (Wildman–Crippen LogP) is 5.64. The highest BCUT2D eigenvalue weighted by Gasteiger charge is 2.38. The number of fused-ring (bicyclic) bond motifs is 2. The molecule has 0 unspecified atom stereocenters. The summed E-state index contributed by atoms with van der Waals surface area (Å²) < 4.78 is 88.0. The lowest BCUT2D eigenvalue weighted by atomic mass is 9.95. The first-order valence-electron chi connectivity index (χ1n) is 13.7. The molecule has 8 nitrogen and oxygen atoms in total. The Labute approximate surface area is 242 Å². The van der Waals surface area contributed by atoms with Crippen LogP contribution in [-0.4, -0.2) is 26.8 Å². The van der Waals surface area contributed by atoms with Crippen molar-refractivity contribution in [1.29, 1.82) is 0 Å². The number of H-pyrrole nitrogens is 1. The van der Waals surface area contributed by atoms with Crippen LogP contribution in [0.5, 0.6) is 0 Å². The third-order valence-corrected chi connectivity index (χ3v) is 7.76. The van der Waals surface area contributed by atoms with Gasteiger partial charge in [-0.3, -0.25) is 0 Å². The summed E-state index contributed by atoms with van der Waals surface area (Å²) in [6, 6.07) is 9.27. The van der Waals surface area contributed by atoms with Gasteiger partial charge in [0.25, 0.3) is 5.95 Å². The molecule has 0 spiro atoms. The second-order valence-electron chi connectivity index (χ2n) is 10.8. The maximum atomic E-state index is 13.7. The van der Waals surface area contributed by atoms with Crippen molar-refractivity contribution in [2.75, 3.05) is 16.3 Å². The van der Waals surface area contributed by atoms with Gasteiger partial charge in [0.1, 0.15) is 0 Å². The van der Waals surface area contributed by atoms with Crippen LogP contribution >= 0.6 is 0 Å². The summed E-state index contributed by atoms with van der Waals surface area (Å²) in [5.74, 6) is 0.105. The van der Waals surface area contributed by atoms with Crippen LogP contribution in [0.15, 0.2) is 54.9 Å². The monoisotopic (exact) mass is 604 g/mol. The molecule has 43 heavy (non-hydrogen) atoms. The number of nitrogens with one attached hydrogen (secondary N) is 1. The van der Waals surface area contributed by atoms with Gasteiger partial charge in [-0.05, 0) is 76.2 Å². The maximum Gasteiger partial charge on any atom is 0.416 e. The molecule has 4 heterocycles. The van der Waals surface area contributed by atoms with Gasteiger partial charge in [0.05, 0.1) is 37.4 Å². The highest BCUT2D eigenvalue weighted by Crippen LogP contribution is 2.43. The number of anilines is 2. The number of rotatable bonds is 6. The highest BCUT2D eigenvalue weighted by atomic mass is 19.4. The maximum absolute atomic E-state index is 13.7. The van der Waals surface area contributed by atoms with E-state index >= 15 is 0 Å². The molecule has 0 fully saturated rings. The van der Waals surface area contributed by atoms with Crippen LogP contribution in [0.3, 0.4) is 0 Å². The number of alkyl halides is 6. The smallest absolute Gasteiger partial charge is 0.372 e. The lowest BCUT2D eigenvalue weighted by Crippen LogP contribution is -2.30. The van der Waals surface area contributed by atoms with Crippen molar-refractivity contribution in [3.8, 4) is 0 Å². The standard InChI is InChI=1S/C29H27F6N7O/c1-40-38-27(37-39-40)42(15-19-9-22(28(30,31)32)13-23(10-19)29(33,34)35)25-3-2-8-41(14-18-4-6-36-7-5-18)26-12-21-17-43-16-20(21)11-24(25)26/h4-7,9-13,25H,2-3,8,14-17H2,1H3/p+1/t25-/m0/s1. The molecule has 226 valence electrons. The normalized spacial score (nSPS) is 17.0. The van der Waals surface area contributed by atoms with E-state index in [4.69, 9.17) is 4.74 Å². The Balaban J connectivity index is 1.46. The molecule has 0 bridgehead atoms. The van der Waals surface area contributed by atoms with Crippen molar-refractivity contribution in [3.63, 3.8) is 0 Å². The molecular weight excluding hydrogens is 576 g/mol. The van der Waals surface area contributed by atoms with Gasteiger partial charge in [0, 0.05) is 37.5 Å². The third-order valence-electron chi connectivity index (χ3n) is 7.76. The van der Waals surface area contributed by atoms with E-state index in [9.17, 15) is 26.3 Å². The SMILES string of the molecule is Cn1nnc(N(Cc2cc(C(F)(F)F)cc(C(F)(F)F)c2)[C@H]2CCCN(Cc3cc[nH+]cc3)c3cc4c(cc32)COC4)n1. The van der Waals surface area contributed by atoms with Crippen LogP contribution in [0.25, 0.3) is 0 Å². The second kappa shape index (κ2) is 11.1. The zero-order chi connectivity index (χ0) is 30.4. The lowest BCUT2D eigenvalue weighted by molar-refractivity contribution is -0.378. The summed E-state index contributed by atoms with van der Waals surface area (Å²) in [4.78, 5) is 8.14. The minimum atomic E-state index is -4.96. The number of aromatic amines is 1. The van der Waals surface area contributed by atoms with Gasteiger partial charge in [-0.1, -0.05) is 5.10 Å². The molecule has 0 saturated carbocycles. The fraction of sp³-hybridized carbons (Fsp3) is 0.379. The molecule has 2 aliphatic rings. The van der Waals surface area contributed by atoms with Crippen LogP contribution in [0.4, 0.5) is 38.0 Å². The number of hydrogen-bond acceptors (Lipinski definition) is 6. The summed E-state index contributed by atoms with van der Waals surface area (Å²) in [6.45, 7) is 1.87. The molecule has 1 atom stereocenters. The molecule has 1 N–H and O–H groups in total. The van der Waals surface area contributed by atoms with Gasteiger partial charge < -0.3 is 14.5 Å².